The maximum Gasteiger partial charge on any atom is 0.306 e. The number of hydrogen-bond donors (Lipinski definition) is 1. The highest BCUT2D eigenvalue weighted by atomic mass is 16.5. The van der Waals surface area contributed by atoms with Gasteiger partial charge in [0.1, 0.15) is 17.2 Å². The van der Waals surface area contributed by atoms with Crippen LogP contribution in [0.1, 0.15) is 44.6 Å². The highest BCUT2D eigenvalue weighted by Gasteiger charge is 2.31. The first kappa shape index (κ1) is 22.0. The van der Waals surface area contributed by atoms with Crippen molar-refractivity contribution in [3.05, 3.63) is 54.1 Å². The van der Waals surface area contributed by atoms with Gasteiger partial charge in [-0.05, 0) is 55.0 Å². The first-order valence-electron chi connectivity index (χ1n) is 10.8. The highest BCUT2D eigenvalue weighted by Crippen LogP contribution is 2.33. The van der Waals surface area contributed by atoms with Crippen LogP contribution in [0, 0.1) is 11.8 Å². The molecular weight excluding hydrogens is 380 g/mol. The van der Waals surface area contributed by atoms with Crippen LogP contribution in [0.5, 0.6) is 17.2 Å². The van der Waals surface area contributed by atoms with Gasteiger partial charge in [-0.15, -0.1) is 0 Å². The number of carboxylic acids is 1. The molecule has 0 heterocycles. The van der Waals surface area contributed by atoms with Gasteiger partial charge in [-0.25, -0.2) is 0 Å². The molecule has 1 atom stereocenters. The molecule has 2 aromatic rings. The van der Waals surface area contributed by atoms with Crippen LogP contribution >= 0.6 is 0 Å². The minimum Gasteiger partial charge on any atom is -0.497 e. The Bertz CT molecular complexity index is 808. The lowest BCUT2D eigenvalue weighted by molar-refractivity contribution is -0.141. The van der Waals surface area contributed by atoms with Gasteiger partial charge < -0.3 is 19.3 Å². The molecule has 0 bridgehead atoms. The first-order valence-corrected chi connectivity index (χ1v) is 10.8. The maximum atomic E-state index is 11.0. The van der Waals surface area contributed by atoms with Crippen LogP contribution in [0.3, 0.4) is 0 Å². The van der Waals surface area contributed by atoms with Crippen molar-refractivity contribution in [3.63, 3.8) is 0 Å². The Balaban J connectivity index is 0.000000782. The van der Waals surface area contributed by atoms with E-state index in [0.717, 1.165) is 35.7 Å². The van der Waals surface area contributed by atoms with Crippen LogP contribution in [-0.2, 0) is 11.2 Å². The zero-order valence-electron chi connectivity index (χ0n) is 17.9. The standard InChI is InChI=1S/C22H26O5.C3H6/c1-15(22(23)24)9-16-5-3-7-19(10-16)26-14-17-11-21(12-17)27-20-8-4-6-18(13-20)25-2;1-2-3-1/h3-8,10,13,15,17,21H,9,11-12,14H2,1-2H3,(H,23,24);1-3H2. The molecule has 0 aliphatic heterocycles. The van der Waals surface area contributed by atoms with Crippen LogP contribution < -0.4 is 14.2 Å². The Hall–Kier alpha value is -2.69. The van der Waals surface area contributed by atoms with Crippen molar-refractivity contribution in [2.45, 2.75) is 51.6 Å². The molecule has 2 aliphatic rings. The summed E-state index contributed by atoms with van der Waals surface area (Å²) in [5.74, 6) is 1.71. The largest absolute Gasteiger partial charge is 0.497 e. The van der Waals surface area contributed by atoms with Crippen molar-refractivity contribution < 1.29 is 24.1 Å². The summed E-state index contributed by atoms with van der Waals surface area (Å²) < 4.78 is 17.1. The van der Waals surface area contributed by atoms with Crippen molar-refractivity contribution in [1.29, 1.82) is 0 Å². The van der Waals surface area contributed by atoms with E-state index in [1.54, 1.807) is 14.0 Å². The van der Waals surface area contributed by atoms with E-state index < -0.39 is 11.9 Å². The number of benzene rings is 2. The number of methoxy groups -OCH3 is 1. The third kappa shape index (κ3) is 7.29. The van der Waals surface area contributed by atoms with Gasteiger partial charge in [0.05, 0.1) is 25.7 Å². The summed E-state index contributed by atoms with van der Waals surface area (Å²) in [6.45, 7) is 2.36. The molecule has 0 spiro atoms. The second kappa shape index (κ2) is 10.9. The van der Waals surface area contributed by atoms with E-state index in [1.807, 2.05) is 48.5 Å². The van der Waals surface area contributed by atoms with Crippen molar-refractivity contribution >= 4 is 5.97 Å². The van der Waals surface area contributed by atoms with Gasteiger partial charge in [-0.3, -0.25) is 4.79 Å². The van der Waals surface area contributed by atoms with E-state index in [1.165, 1.54) is 19.3 Å². The molecule has 5 heteroatoms. The van der Waals surface area contributed by atoms with Gasteiger partial charge in [0.15, 0.2) is 0 Å². The summed E-state index contributed by atoms with van der Waals surface area (Å²) in [7, 11) is 1.65. The Morgan fingerprint density at radius 2 is 1.70 bits per heavy atom. The van der Waals surface area contributed by atoms with Crippen LogP contribution in [0.2, 0.25) is 0 Å². The van der Waals surface area contributed by atoms with Gasteiger partial charge in [-0.2, -0.15) is 0 Å². The van der Waals surface area contributed by atoms with Gasteiger partial charge in [0.2, 0.25) is 0 Å². The molecule has 0 amide bonds. The molecule has 0 radical (unpaired) electrons. The van der Waals surface area contributed by atoms with E-state index in [-0.39, 0.29) is 6.10 Å². The van der Waals surface area contributed by atoms with Gasteiger partial charge >= 0.3 is 5.97 Å². The van der Waals surface area contributed by atoms with Crippen LogP contribution in [0.25, 0.3) is 0 Å². The zero-order valence-corrected chi connectivity index (χ0v) is 17.9. The normalized spacial score (nSPS) is 20.1. The fraction of sp³-hybridized carbons (Fsp3) is 0.480. The van der Waals surface area contributed by atoms with E-state index in [0.29, 0.717) is 18.9 Å². The van der Waals surface area contributed by atoms with E-state index >= 15 is 0 Å². The summed E-state index contributed by atoms with van der Waals surface area (Å²) in [6, 6.07) is 15.4. The molecule has 162 valence electrons. The highest BCUT2D eigenvalue weighted by molar-refractivity contribution is 5.69. The summed E-state index contributed by atoms with van der Waals surface area (Å²) in [6.07, 6.45) is 7.15. The van der Waals surface area contributed by atoms with E-state index in [4.69, 9.17) is 19.3 Å². The summed E-state index contributed by atoms with van der Waals surface area (Å²) in [5.41, 5.74) is 0.982. The minimum atomic E-state index is -0.780. The second-order valence-electron chi connectivity index (χ2n) is 8.22. The number of ether oxygens (including phenoxy) is 3. The number of hydrogen-bond acceptors (Lipinski definition) is 4. The van der Waals surface area contributed by atoms with Gasteiger partial charge in [0, 0.05) is 6.07 Å². The fourth-order valence-corrected chi connectivity index (χ4v) is 3.19. The Morgan fingerprint density at radius 1 is 1.03 bits per heavy atom. The molecule has 1 N–H and O–H groups in total. The SMILES string of the molecule is C1CC1.COc1cccc(OC2CC(COc3cccc(CC(C)C(=O)O)c3)C2)c1. The predicted molar refractivity (Wildman–Crippen MR) is 116 cm³/mol. The molecule has 0 aromatic heterocycles. The zero-order chi connectivity index (χ0) is 21.3. The Labute approximate surface area is 179 Å². The topological polar surface area (TPSA) is 65.0 Å². The Morgan fingerprint density at radius 3 is 2.37 bits per heavy atom. The lowest BCUT2D eigenvalue weighted by Gasteiger charge is -2.35. The average molecular weight is 413 g/mol. The quantitative estimate of drug-likeness (QED) is 0.600. The molecule has 2 fully saturated rings. The summed E-state index contributed by atoms with van der Waals surface area (Å²) >= 11 is 0. The van der Waals surface area contributed by atoms with Crippen molar-refractivity contribution in [3.8, 4) is 17.2 Å². The van der Waals surface area contributed by atoms with Crippen LogP contribution in [0.4, 0.5) is 0 Å². The lowest BCUT2D eigenvalue weighted by atomic mass is 9.83. The monoisotopic (exact) mass is 412 g/mol. The van der Waals surface area contributed by atoms with Gasteiger partial charge in [0.25, 0.3) is 0 Å². The second-order valence-corrected chi connectivity index (χ2v) is 8.22. The third-order valence-corrected chi connectivity index (χ3v) is 5.24. The van der Waals surface area contributed by atoms with Crippen molar-refractivity contribution in [1.82, 2.24) is 0 Å². The van der Waals surface area contributed by atoms with Crippen LogP contribution in [-0.4, -0.2) is 30.9 Å². The van der Waals surface area contributed by atoms with Crippen molar-refractivity contribution in [2.75, 3.05) is 13.7 Å². The van der Waals surface area contributed by atoms with Crippen molar-refractivity contribution in [2.24, 2.45) is 11.8 Å². The molecule has 30 heavy (non-hydrogen) atoms. The molecule has 1 unspecified atom stereocenters. The molecule has 0 saturated heterocycles. The number of carbonyl (C=O) groups is 1. The number of carboxylic acid groups (broad SMARTS) is 1. The summed E-state index contributed by atoms with van der Waals surface area (Å²) in [5, 5.41) is 9.04. The lowest BCUT2D eigenvalue weighted by Crippen LogP contribution is -2.37. The third-order valence-electron chi connectivity index (χ3n) is 5.24. The summed E-state index contributed by atoms with van der Waals surface area (Å²) in [4.78, 5) is 11.0. The number of rotatable bonds is 9. The average Bonchev–Trinajstić information content (AvgIpc) is 3.59. The predicted octanol–water partition coefficient (Wildman–Crippen LogP) is 5.37. The molecule has 2 aliphatic carbocycles. The number of aliphatic carboxylic acids is 1. The Kier molecular flexibility index (Phi) is 8.00. The molecule has 2 aromatic carbocycles. The molecule has 4 rings (SSSR count). The smallest absolute Gasteiger partial charge is 0.306 e. The van der Waals surface area contributed by atoms with E-state index in [2.05, 4.69) is 0 Å². The first-order chi connectivity index (χ1) is 14.5. The molecular formula is C25H32O5. The van der Waals surface area contributed by atoms with E-state index in [9.17, 15) is 4.79 Å². The van der Waals surface area contributed by atoms with Crippen LogP contribution in [0.15, 0.2) is 48.5 Å². The molecule has 5 nitrogen and oxygen atoms in total. The van der Waals surface area contributed by atoms with Gasteiger partial charge in [-0.1, -0.05) is 44.4 Å². The molecule has 2 saturated carbocycles. The minimum absolute atomic E-state index is 0.216. The fourth-order valence-electron chi connectivity index (χ4n) is 3.19. The maximum absolute atomic E-state index is 11.0.